The summed E-state index contributed by atoms with van der Waals surface area (Å²) < 4.78 is 45.6. The minimum absolute atomic E-state index is 0.0746. The van der Waals surface area contributed by atoms with E-state index in [1.165, 1.54) is 31.3 Å². The van der Waals surface area contributed by atoms with Gasteiger partial charge in [-0.15, -0.1) is 0 Å². The van der Waals surface area contributed by atoms with Crippen LogP contribution < -0.4 is 5.32 Å². The number of rotatable bonds is 6. The summed E-state index contributed by atoms with van der Waals surface area (Å²) >= 11 is 0. The summed E-state index contributed by atoms with van der Waals surface area (Å²) in [6.45, 7) is 1.53. The Balaban J connectivity index is 1.84. The van der Waals surface area contributed by atoms with Crippen molar-refractivity contribution < 1.29 is 27.7 Å². The molecule has 2 N–H and O–H groups in total. The third-order valence-corrected chi connectivity index (χ3v) is 4.59. The predicted molar refractivity (Wildman–Crippen MR) is 98.8 cm³/mol. The number of nitrogens with one attached hydrogen (secondary N) is 1. The zero-order chi connectivity index (χ0) is 21.1. The molecule has 0 radical (unpaired) electrons. The maximum absolute atomic E-state index is 13.7. The van der Waals surface area contributed by atoms with Gasteiger partial charge in [0.1, 0.15) is 5.69 Å². The van der Waals surface area contributed by atoms with Crippen molar-refractivity contribution in [3.8, 4) is 11.3 Å². The Kier molecular flexibility index (Phi) is 5.69. The first-order chi connectivity index (χ1) is 13.7. The molecule has 0 saturated carbocycles. The van der Waals surface area contributed by atoms with Crippen LogP contribution in [0.15, 0.2) is 65.4 Å². The van der Waals surface area contributed by atoms with Gasteiger partial charge in [0.05, 0.1) is 6.20 Å². The Morgan fingerprint density at radius 2 is 1.90 bits per heavy atom. The smallest absolute Gasteiger partial charge is 0.373 e. The number of halogens is 3. The summed E-state index contributed by atoms with van der Waals surface area (Å²) in [7, 11) is 0. The number of hydrogen-bond acceptors (Lipinski definition) is 5. The number of hydrogen-bond donors (Lipinski definition) is 2. The number of anilines is 1. The van der Waals surface area contributed by atoms with Gasteiger partial charge in [-0.25, -0.2) is 4.63 Å². The molecule has 0 saturated heterocycles. The molecule has 6 nitrogen and oxygen atoms in total. The molecule has 0 aliphatic rings. The third-order valence-electron chi connectivity index (χ3n) is 4.59. The number of nitrogens with zero attached hydrogens (tertiary/aromatic N) is 2. The lowest BCUT2D eigenvalue weighted by atomic mass is 9.85. The van der Waals surface area contributed by atoms with E-state index in [1.54, 1.807) is 36.4 Å². The van der Waals surface area contributed by atoms with Gasteiger partial charge in [-0.2, -0.15) is 13.2 Å². The average Bonchev–Trinajstić information content (AvgIpc) is 3.22. The minimum atomic E-state index is -5.16. The second-order valence-corrected chi connectivity index (χ2v) is 6.70. The van der Waals surface area contributed by atoms with Gasteiger partial charge in [-0.3, -0.25) is 4.79 Å². The Morgan fingerprint density at radius 3 is 2.52 bits per heavy atom. The lowest BCUT2D eigenvalue weighted by Crippen LogP contribution is -2.55. The van der Waals surface area contributed by atoms with Crippen molar-refractivity contribution in [1.29, 1.82) is 0 Å². The molecule has 3 rings (SSSR count). The Bertz CT molecular complexity index is 962. The van der Waals surface area contributed by atoms with Crippen molar-refractivity contribution in [3.63, 3.8) is 0 Å². The second kappa shape index (κ2) is 8.04. The monoisotopic (exact) mass is 405 g/mol. The van der Waals surface area contributed by atoms with E-state index in [0.717, 1.165) is 0 Å². The summed E-state index contributed by atoms with van der Waals surface area (Å²) in [5, 5.41) is 19.6. The summed E-state index contributed by atoms with van der Waals surface area (Å²) in [4.78, 5) is 12.5. The fourth-order valence-electron chi connectivity index (χ4n) is 2.96. The number of carbonyl (C=O) groups is 1. The van der Waals surface area contributed by atoms with E-state index >= 15 is 0 Å². The lowest BCUT2D eigenvalue weighted by molar-refractivity contribution is -0.252. The molecule has 3 aromatic rings. The quantitative estimate of drug-likeness (QED) is 0.643. The van der Waals surface area contributed by atoms with Crippen molar-refractivity contribution in [3.05, 3.63) is 66.4 Å². The van der Waals surface area contributed by atoms with Gasteiger partial charge in [0.2, 0.25) is 5.60 Å². The predicted octanol–water partition coefficient (Wildman–Crippen LogP) is 4.16. The normalized spacial score (nSPS) is 14.8. The van der Waals surface area contributed by atoms with Crippen LogP contribution in [0.2, 0.25) is 0 Å². The average molecular weight is 405 g/mol. The van der Waals surface area contributed by atoms with Crippen LogP contribution in [0.25, 0.3) is 11.3 Å². The highest BCUT2D eigenvalue weighted by Crippen LogP contribution is 2.39. The van der Waals surface area contributed by atoms with Crippen LogP contribution in [0.5, 0.6) is 0 Å². The molecule has 9 heteroatoms. The van der Waals surface area contributed by atoms with Gasteiger partial charge in [0.15, 0.2) is 0 Å². The minimum Gasteiger partial charge on any atom is -0.373 e. The van der Waals surface area contributed by atoms with Crippen LogP contribution in [-0.4, -0.2) is 33.1 Å². The van der Waals surface area contributed by atoms with Crippen molar-refractivity contribution >= 4 is 11.6 Å². The zero-order valence-electron chi connectivity index (χ0n) is 15.3. The van der Waals surface area contributed by atoms with E-state index in [-0.39, 0.29) is 5.69 Å². The molecule has 0 aliphatic heterocycles. The van der Waals surface area contributed by atoms with Crippen molar-refractivity contribution in [2.75, 3.05) is 5.32 Å². The SMILES string of the molecule is CC(CC(O)(C(=O)Nc1cccc(-c2cnon2)c1)C(F)(F)F)c1ccccc1. The molecule has 1 aromatic heterocycles. The first-order valence-electron chi connectivity index (χ1n) is 8.74. The zero-order valence-corrected chi connectivity index (χ0v) is 15.3. The molecule has 0 bridgehead atoms. The largest absolute Gasteiger partial charge is 0.426 e. The van der Waals surface area contributed by atoms with Crippen molar-refractivity contribution in [1.82, 2.24) is 10.3 Å². The van der Waals surface area contributed by atoms with Gasteiger partial charge >= 0.3 is 6.18 Å². The standard InChI is InChI=1S/C20H18F3N3O3/c1-13(14-6-3-2-4-7-14)11-19(28,20(21,22)23)18(27)25-16-9-5-8-15(10-16)17-12-24-29-26-17/h2-10,12-13,28H,11H2,1H3,(H,25,27). The van der Waals surface area contributed by atoms with E-state index in [1.807, 2.05) is 0 Å². The third kappa shape index (κ3) is 4.45. The Morgan fingerprint density at radius 1 is 1.17 bits per heavy atom. The summed E-state index contributed by atoms with van der Waals surface area (Å²) in [5.74, 6) is -2.26. The second-order valence-electron chi connectivity index (χ2n) is 6.70. The van der Waals surface area contributed by atoms with Crippen LogP contribution in [0.1, 0.15) is 24.8 Å². The summed E-state index contributed by atoms with van der Waals surface area (Å²) in [5.41, 5.74) is -2.07. The number of alkyl halides is 3. The topological polar surface area (TPSA) is 88.2 Å². The fraction of sp³-hybridized carbons (Fsp3) is 0.250. The van der Waals surface area contributed by atoms with Crippen LogP contribution in [0, 0.1) is 0 Å². The molecule has 1 heterocycles. The number of carbonyl (C=O) groups excluding carboxylic acids is 1. The van der Waals surface area contributed by atoms with E-state index in [9.17, 15) is 23.1 Å². The van der Waals surface area contributed by atoms with Gasteiger partial charge in [-0.1, -0.05) is 54.5 Å². The molecular weight excluding hydrogens is 387 g/mol. The first-order valence-corrected chi connectivity index (χ1v) is 8.74. The number of benzene rings is 2. The van der Waals surface area contributed by atoms with Crippen LogP contribution in [0.3, 0.4) is 0 Å². The fourth-order valence-corrected chi connectivity index (χ4v) is 2.96. The van der Waals surface area contributed by atoms with E-state index < -0.39 is 30.0 Å². The van der Waals surface area contributed by atoms with E-state index in [4.69, 9.17) is 0 Å². The molecule has 2 aromatic carbocycles. The summed E-state index contributed by atoms with van der Waals surface area (Å²) in [6, 6.07) is 14.4. The molecule has 29 heavy (non-hydrogen) atoms. The molecule has 0 aliphatic carbocycles. The van der Waals surface area contributed by atoms with Crippen LogP contribution in [-0.2, 0) is 4.79 Å². The van der Waals surface area contributed by atoms with Crippen molar-refractivity contribution in [2.45, 2.75) is 31.0 Å². The molecule has 2 atom stereocenters. The highest BCUT2D eigenvalue weighted by atomic mass is 19.4. The maximum atomic E-state index is 13.7. The van der Waals surface area contributed by atoms with Crippen LogP contribution in [0.4, 0.5) is 18.9 Å². The van der Waals surface area contributed by atoms with Crippen LogP contribution >= 0.6 is 0 Å². The van der Waals surface area contributed by atoms with E-state index in [0.29, 0.717) is 16.8 Å². The first kappa shape index (κ1) is 20.5. The van der Waals surface area contributed by atoms with Gasteiger partial charge in [0, 0.05) is 17.7 Å². The molecular formula is C20H18F3N3O3. The molecule has 0 spiro atoms. The molecule has 2 unspecified atom stereocenters. The molecule has 0 fully saturated rings. The maximum Gasteiger partial charge on any atom is 0.426 e. The number of amides is 1. The Hall–Kier alpha value is -3.20. The summed E-state index contributed by atoms with van der Waals surface area (Å²) in [6.07, 6.45) is -4.65. The number of aliphatic hydroxyl groups is 1. The highest BCUT2D eigenvalue weighted by Gasteiger charge is 2.59. The van der Waals surface area contributed by atoms with Gasteiger partial charge in [-0.05, 0) is 28.8 Å². The lowest BCUT2D eigenvalue weighted by Gasteiger charge is -2.31. The number of aromatic nitrogens is 2. The van der Waals surface area contributed by atoms with E-state index in [2.05, 4.69) is 20.3 Å². The molecule has 1 amide bonds. The highest BCUT2D eigenvalue weighted by molar-refractivity contribution is 5.98. The molecule has 152 valence electrons. The van der Waals surface area contributed by atoms with Gasteiger partial charge in [0.25, 0.3) is 5.91 Å². The van der Waals surface area contributed by atoms with Gasteiger partial charge < -0.3 is 10.4 Å². The Labute approximate surface area is 164 Å². The van der Waals surface area contributed by atoms with Crippen molar-refractivity contribution in [2.24, 2.45) is 0 Å².